The number of phenolic OH excluding ortho intramolecular Hbond substituents is 1. The van der Waals surface area contributed by atoms with E-state index in [2.05, 4.69) is 63.1 Å². The summed E-state index contributed by atoms with van der Waals surface area (Å²) in [6, 6.07) is -7.88. The van der Waals surface area contributed by atoms with Crippen LogP contribution in [0.5, 0.6) is 5.75 Å². The number of aromatic amines is 1. The summed E-state index contributed by atoms with van der Waals surface area (Å²) < 4.78 is 42.2. The second-order valence-electron chi connectivity index (χ2n) is 33.0. The number of aromatic hydroxyl groups is 1. The highest BCUT2D eigenvalue weighted by atomic mass is 32.2. The lowest BCUT2D eigenvalue weighted by molar-refractivity contribution is -0.158. The number of aliphatic hydroxyl groups excluding tert-OH is 1. The molecule has 15 amide bonds. The number of aromatic nitrogens is 1. The van der Waals surface area contributed by atoms with Crippen LogP contribution in [0, 0.1) is 22.7 Å². The van der Waals surface area contributed by atoms with Crippen molar-refractivity contribution in [3.8, 4) is 5.75 Å². The molecule has 2 saturated heterocycles. The number of ether oxygens (including phenoxy) is 1. The SMILES string of the molecule is CC(C)CC1NC(=O)C(CCC(N)=O)N(C)C(=O)C(NC(=O)C(CS(=O)(=O)O)NC(=O)C(CCCN=C(N)N)NC(=O)C(Cc2c[nH]c3ccccc23)NC(=O)C(CC(=O)C(NC(=O)C2CCCN2C(=O)C(Cc2ccc(O)cc2)NC(=O)C(C)NC=O)C(C)(C)C)C(C)(C)C)C(C)OC(=O)CN(C)C(=O)C(CC(N)=O)NC(=O)C(C(C)O)NC1=O. The Balaban J connectivity index is 1.56. The number of aliphatic imine (C=N–C) groups is 1. The zero-order valence-electron chi connectivity index (χ0n) is 70.1. The number of amides is 15. The van der Waals surface area contributed by atoms with Gasteiger partial charge in [0.1, 0.15) is 90.6 Å². The van der Waals surface area contributed by atoms with E-state index in [-0.39, 0.29) is 50.9 Å². The first kappa shape index (κ1) is 99.7. The molecule has 3 aromatic rings. The molecule has 0 bridgehead atoms. The highest BCUT2D eigenvalue weighted by molar-refractivity contribution is 7.85. The number of guanidine groups is 1. The van der Waals surface area contributed by atoms with E-state index in [1.807, 2.05) is 0 Å². The summed E-state index contributed by atoms with van der Waals surface area (Å²) in [6.45, 7) is 15.4. The summed E-state index contributed by atoms with van der Waals surface area (Å²) in [5.41, 5.74) is 21.6. The number of hydrogen-bond acceptors (Lipinski definition) is 23. The molecule has 2 fully saturated rings. The van der Waals surface area contributed by atoms with Gasteiger partial charge in [0.05, 0.1) is 18.6 Å². The summed E-state index contributed by atoms with van der Waals surface area (Å²) in [5.74, 6) is -21.5. The summed E-state index contributed by atoms with van der Waals surface area (Å²) in [7, 11) is -3.46. The Morgan fingerprint density at radius 3 is 1.92 bits per heavy atom. The Labute approximate surface area is 700 Å². The van der Waals surface area contributed by atoms with Crippen molar-refractivity contribution in [2.75, 3.05) is 39.5 Å². The molecule has 121 heavy (non-hydrogen) atoms. The van der Waals surface area contributed by atoms with Gasteiger partial charge in [-0.2, -0.15) is 8.42 Å². The Hall–Kier alpha value is -11.9. The number of rotatable bonds is 36. The van der Waals surface area contributed by atoms with E-state index in [1.165, 1.54) is 24.0 Å². The number of para-hydroxylation sites is 1. The van der Waals surface area contributed by atoms with Crippen LogP contribution in [-0.2, 0) is 109 Å². The third-order valence-corrected chi connectivity index (χ3v) is 21.2. The number of likely N-dealkylation sites (N-methyl/N-ethyl adjacent to an activating group) is 2. The van der Waals surface area contributed by atoms with E-state index in [4.69, 9.17) is 27.7 Å². The van der Waals surface area contributed by atoms with E-state index in [1.54, 1.807) is 98.0 Å². The van der Waals surface area contributed by atoms with Crippen molar-refractivity contribution in [2.24, 2.45) is 50.6 Å². The molecule has 42 nitrogen and oxygen atoms in total. The fourth-order valence-electron chi connectivity index (χ4n) is 13.8. The Bertz CT molecular complexity index is 4430. The second-order valence-corrected chi connectivity index (χ2v) is 34.5. The average molecular weight is 1720 g/mol. The molecule has 22 N–H and O–H groups in total. The van der Waals surface area contributed by atoms with E-state index in [9.17, 15) is 75.9 Å². The number of carbonyl (C=O) groups is 17. The van der Waals surface area contributed by atoms with Crippen LogP contribution in [0.3, 0.4) is 0 Å². The molecule has 43 heteroatoms. The number of ketones is 1. The van der Waals surface area contributed by atoms with Crippen LogP contribution in [0.25, 0.3) is 10.9 Å². The Morgan fingerprint density at radius 1 is 0.719 bits per heavy atom. The highest BCUT2D eigenvalue weighted by Gasteiger charge is 2.46. The van der Waals surface area contributed by atoms with E-state index >= 15 is 28.8 Å². The minimum Gasteiger partial charge on any atom is -0.508 e. The van der Waals surface area contributed by atoms with Crippen molar-refractivity contribution in [3.05, 3.63) is 65.9 Å². The number of cyclic esters (lactones) is 1. The summed E-state index contributed by atoms with van der Waals surface area (Å²) in [6.07, 6.45) is -5.47. The van der Waals surface area contributed by atoms with Crippen LogP contribution in [0.15, 0.2) is 59.7 Å². The number of H-pyrrole nitrogens is 1. The van der Waals surface area contributed by atoms with E-state index < -0.39 is 262 Å². The Kier molecular flexibility index (Phi) is 36.6. The maximum Gasteiger partial charge on any atom is 0.325 e. The maximum absolute atomic E-state index is 15.4. The molecule has 0 spiro atoms. The number of nitrogens with zero attached hydrogens (tertiary/aromatic N) is 4. The fraction of sp³-hybridized carbons (Fsp3) is 0.590. The van der Waals surface area contributed by atoms with Crippen LogP contribution in [0.1, 0.15) is 145 Å². The van der Waals surface area contributed by atoms with Gasteiger partial charge in [0, 0.05) is 75.9 Å². The number of primary amides is 2. The normalized spacial score (nSPS) is 20.7. The van der Waals surface area contributed by atoms with Gasteiger partial charge < -0.3 is 111 Å². The third-order valence-electron chi connectivity index (χ3n) is 20.4. The number of carbonyl (C=O) groups excluding carboxylic acids is 17. The molecule has 0 radical (unpaired) electrons. The number of nitrogens with two attached hydrogens (primary N) is 4. The Morgan fingerprint density at radius 2 is 1.33 bits per heavy atom. The maximum atomic E-state index is 15.4. The smallest absolute Gasteiger partial charge is 0.325 e. The van der Waals surface area contributed by atoms with E-state index in [0.29, 0.717) is 44.7 Å². The van der Waals surface area contributed by atoms with E-state index in [0.717, 1.165) is 27.9 Å². The van der Waals surface area contributed by atoms with Gasteiger partial charge in [-0.15, -0.1) is 0 Å². The number of likely N-dealkylation sites (tertiary alicyclic amines) is 1. The molecular weight excluding hydrogens is 1600 g/mol. The molecule has 2 aromatic carbocycles. The number of nitrogens with one attached hydrogen (secondary N) is 11. The second kappa shape index (κ2) is 44.4. The minimum atomic E-state index is -5.43. The topological polar surface area (TPSA) is 656 Å². The van der Waals surface area contributed by atoms with Gasteiger partial charge in [-0.25, -0.2) is 0 Å². The number of aliphatic hydroxyl groups is 1. The van der Waals surface area contributed by atoms with Crippen molar-refractivity contribution in [1.29, 1.82) is 0 Å². The molecular formula is C78H117N19O23S. The van der Waals surface area contributed by atoms with Crippen LogP contribution in [0.4, 0.5) is 0 Å². The lowest BCUT2D eigenvalue weighted by Crippen LogP contribution is -2.63. The zero-order valence-corrected chi connectivity index (χ0v) is 70.9. The summed E-state index contributed by atoms with van der Waals surface area (Å²) in [5, 5.41) is 45.9. The lowest BCUT2D eigenvalue weighted by atomic mass is 9.74. The first-order valence-electron chi connectivity index (χ1n) is 39.4. The van der Waals surface area contributed by atoms with Crippen molar-refractivity contribution < 1.29 is 109 Å². The minimum absolute atomic E-state index is 0.0598. The molecule has 2 aliphatic heterocycles. The quantitative estimate of drug-likeness (QED) is 0.00652. The van der Waals surface area contributed by atoms with Crippen LogP contribution < -0.4 is 76.1 Å². The number of Topliss-reactive ketones (excluding diaryl/α,β-unsaturated/α-hetero) is 1. The third kappa shape index (κ3) is 30.4. The number of phenols is 1. The molecule has 2 aliphatic rings. The monoisotopic (exact) mass is 1720 g/mol. The molecule has 1 aromatic heterocycles. The molecule has 0 saturated carbocycles. The van der Waals surface area contributed by atoms with Gasteiger partial charge >= 0.3 is 5.97 Å². The largest absolute Gasteiger partial charge is 0.508 e. The van der Waals surface area contributed by atoms with Crippen LogP contribution >= 0.6 is 0 Å². The van der Waals surface area contributed by atoms with Crippen LogP contribution in [-0.4, -0.2) is 274 Å². The van der Waals surface area contributed by atoms with Gasteiger partial charge in [0.2, 0.25) is 89.1 Å². The summed E-state index contributed by atoms with van der Waals surface area (Å²) in [4.78, 5) is 250. The number of hydrogen-bond donors (Lipinski definition) is 18. The fourth-order valence-corrected chi connectivity index (χ4v) is 14.5. The first-order valence-corrected chi connectivity index (χ1v) is 41.0. The lowest BCUT2D eigenvalue weighted by Gasteiger charge is -2.36. The molecule has 668 valence electrons. The predicted molar refractivity (Wildman–Crippen MR) is 436 cm³/mol. The highest BCUT2D eigenvalue weighted by Crippen LogP contribution is 2.33. The van der Waals surface area contributed by atoms with Crippen molar-refractivity contribution in [1.82, 2.24) is 72.9 Å². The standard InChI is InChI=1S/C78H117N19O23S/c1-39(2)30-50-68(109)92-61(41(4)99)72(113)90-53(34-59(80)103)73(114)95(12)36-60(104)120-42(5)62(75(116)96(13)55(70(111)88-50)26-27-58(79)102)93-69(110)54(37-121(117,118)119)91-66(107)49(20-16-28-83-76(81)82)86-67(108)51(32-44-35-84-48-19-15-14-18-46(44)48)87-65(106)47(77(6,7)8)33-57(101)63(78(9,10)11)94-71(112)56-21-17-29-97(56)74(115)52(89-64(105)40(3)85-38-98)31-43-22-24-45(100)25-23-43/h14-15,18-19,22-25,35,38-42,47,49-56,61-63,84,99-100H,16-17,20-21,26-34,36-37H2,1-13H3,(H2,79,102)(H2,80,103)(H,85,98)(H,86,108)(H,87,106)(H,88,111)(H,89,105)(H,90,113)(H,91,107)(H,92,109)(H,93,110)(H,94,112)(H4,81,82,83)(H,117,118,119). The van der Waals surface area contributed by atoms with Crippen molar-refractivity contribution >= 4 is 128 Å². The van der Waals surface area contributed by atoms with Gasteiger partial charge in [-0.1, -0.05) is 85.7 Å². The molecule has 3 heterocycles. The summed E-state index contributed by atoms with van der Waals surface area (Å²) >= 11 is 0. The van der Waals surface area contributed by atoms with Gasteiger partial charge in [-0.3, -0.25) is 91.1 Å². The van der Waals surface area contributed by atoms with Gasteiger partial charge in [0.25, 0.3) is 10.1 Å². The number of benzene rings is 2. The van der Waals surface area contributed by atoms with Gasteiger partial charge in [-0.05, 0) is 105 Å². The van der Waals surface area contributed by atoms with Gasteiger partial charge in [0.15, 0.2) is 11.7 Å². The molecule has 5 rings (SSSR count). The predicted octanol–water partition coefficient (Wildman–Crippen LogP) is -4.45. The average Bonchev–Trinajstić information content (AvgIpc) is 1.75. The molecule has 15 atom stereocenters. The van der Waals surface area contributed by atoms with Crippen LogP contribution in [0.2, 0.25) is 0 Å². The zero-order chi connectivity index (χ0) is 91.0. The molecule has 15 unspecified atom stereocenters. The first-order chi connectivity index (χ1) is 56.3. The van der Waals surface area contributed by atoms with Crippen molar-refractivity contribution in [3.63, 3.8) is 0 Å². The number of esters is 1. The van der Waals surface area contributed by atoms with Crippen molar-refractivity contribution in [2.45, 2.75) is 232 Å². The molecule has 0 aliphatic carbocycles. The number of fused-ring (bicyclic) bond motifs is 1.